The minimum Gasteiger partial charge on any atom is -0.378 e. The summed E-state index contributed by atoms with van der Waals surface area (Å²) in [6.45, 7) is 17.7. The number of nitrogens with one attached hydrogen (secondary N) is 2. The first-order valence-corrected chi connectivity index (χ1v) is 12.7. The number of carbonyl (C=O) groups is 1. The van der Waals surface area contributed by atoms with Crippen molar-refractivity contribution < 1.29 is 9.53 Å². The number of benzene rings is 1. The Labute approximate surface area is 212 Å². The topological polar surface area (TPSA) is 117 Å². The quantitative estimate of drug-likeness (QED) is 0.436. The average molecular weight is 487 g/mol. The van der Waals surface area contributed by atoms with Gasteiger partial charge in [-0.05, 0) is 38.8 Å². The molecule has 8 nitrogen and oxygen atoms in total. The highest BCUT2D eigenvalue weighted by Gasteiger charge is 2.18. The maximum Gasteiger partial charge on any atom is 0.226 e. The van der Waals surface area contributed by atoms with Crippen molar-refractivity contribution in [2.24, 2.45) is 11.7 Å². The van der Waals surface area contributed by atoms with Crippen LogP contribution in [-0.4, -0.2) is 62.0 Å². The van der Waals surface area contributed by atoms with Crippen LogP contribution in [0.15, 0.2) is 30.3 Å². The number of hydrogen-bond donors (Lipinski definition) is 3. The fourth-order valence-electron chi connectivity index (χ4n) is 3.43. The Morgan fingerprint density at radius 3 is 2.06 bits per heavy atom. The van der Waals surface area contributed by atoms with Crippen LogP contribution in [0.5, 0.6) is 0 Å². The molecule has 8 heteroatoms. The molecule has 2 aliphatic rings. The smallest absolute Gasteiger partial charge is 0.226 e. The molecule has 2 fully saturated rings. The number of aromatic nitrogens is 2. The Morgan fingerprint density at radius 2 is 1.60 bits per heavy atom. The molecule has 2 saturated heterocycles. The van der Waals surface area contributed by atoms with Gasteiger partial charge in [-0.25, -0.2) is 9.97 Å². The Hall–Kier alpha value is -2.84. The Kier molecular flexibility index (Phi) is 18.9. The molecule has 0 spiro atoms. The third-order valence-corrected chi connectivity index (χ3v) is 5.24. The van der Waals surface area contributed by atoms with E-state index >= 15 is 0 Å². The van der Waals surface area contributed by atoms with E-state index in [0.29, 0.717) is 13.2 Å². The Balaban J connectivity index is 0.000000685. The van der Waals surface area contributed by atoms with Crippen LogP contribution in [0.4, 0.5) is 5.95 Å². The lowest BCUT2D eigenvalue weighted by atomic mass is 10.0. The van der Waals surface area contributed by atoms with Crippen molar-refractivity contribution in [3.63, 3.8) is 0 Å². The van der Waals surface area contributed by atoms with Gasteiger partial charge in [-0.3, -0.25) is 4.79 Å². The predicted octanol–water partition coefficient (Wildman–Crippen LogP) is 4.45. The highest BCUT2D eigenvalue weighted by atomic mass is 16.5. The van der Waals surface area contributed by atoms with Crippen molar-refractivity contribution in [3.05, 3.63) is 41.6 Å². The van der Waals surface area contributed by atoms with E-state index in [0.717, 1.165) is 47.5 Å². The van der Waals surface area contributed by atoms with E-state index in [1.165, 1.54) is 32.1 Å². The molecule has 1 amide bonds. The molecule has 0 atom stereocenters. The van der Waals surface area contributed by atoms with E-state index in [-0.39, 0.29) is 6.41 Å². The standard InChI is InChI=1S/C16H18N4O.C6H13N.2C2H6.CH3NO/c1-12-14(11-17)15(13-5-3-2-4-6-13)19-16(18-12)20-7-9-21-10-8-20;1-6-2-4-7-5-3-6;2*1-2;2-1-3/h2-6,11,17H,7-10H2,1H3;6-7H,2-5H2,1H3;2*1-2H3;1H,(H2,2,3). The van der Waals surface area contributed by atoms with Gasteiger partial charge < -0.3 is 26.1 Å². The summed E-state index contributed by atoms with van der Waals surface area (Å²) in [5, 5.41) is 11.0. The second kappa shape index (κ2) is 20.5. The van der Waals surface area contributed by atoms with Crippen LogP contribution >= 0.6 is 0 Å². The highest BCUT2D eigenvalue weighted by molar-refractivity contribution is 5.88. The summed E-state index contributed by atoms with van der Waals surface area (Å²) in [5.74, 6) is 1.70. The first-order valence-electron chi connectivity index (χ1n) is 12.7. The number of hydrogen-bond acceptors (Lipinski definition) is 7. The summed E-state index contributed by atoms with van der Waals surface area (Å²) in [7, 11) is 0. The minimum atomic E-state index is 0.250. The van der Waals surface area contributed by atoms with Gasteiger partial charge in [-0.1, -0.05) is 65.0 Å². The van der Waals surface area contributed by atoms with Gasteiger partial charge in [-0.2, -0.15) is 0 Å². The zero-order chi connectivity index (χ0) is 26.5. The van der Waals surface area contributed by atoms with Gasteiger partial charge in [0.25, 0.3) is 0 Å². The van der Waals surface area contributed by atoms with Crippen LogP contribution in [0.25, 0.3) is 11.3 Å². The molecule has 4 N–H and O–H groups in total. The molecule has 0 saturated carbocycles. The molecule has 35 heavy (non-hydrogen) atoms. The molecule has 0 aliphatic carbocycles. The summed E-state index contributed by atoms with van der Waals surface area (Å²) >= 11 is 0. The largest absolute Gasteiger partial charge is 0.378 e. The van der Waals surface area contributed by atoms with Gasteiger partial charge >= 0.3 is 0 Å². The van der Waals surface area contributed by atoms with Gasteiger partial charge in [-0.15, -0.1) is 0 Å². The number of anilines is 1. The number of nitrogens with zero attached hydrogens (tertiary/aromatic N) is 3. The Bertz CT molecular complexity index is 805. The summed E-state index contributed by atoms with van der Waals surface area (Å²) in [5.41, 5.74) is 7.61. The number of aryl methyl sites for hydroxylation is 1. The van der Waals surface area contributed by atoms with Crippen LogP contribution in [-0.2, 0) is 9.53 Å². The molecule has 2 aromatic rings. The molecule has 0 bridgehead atoms. The van der Waals surface area contributed by atoms with Gasteiger partial charge in [0.1, 0.15) is 0 Å². The zero-order valence-corrected chi connectivity index (χ0v) is 22.5. The van der Waals surface area contributed by atoms with Gasteiger partial charge in [0.2, 0.25) is 12.4 Å². The molecule has 3 heterocycles. The number of piperidine rings is 1. The van der Waals surface area contributed by atoms with Crippen LogP contribution in [0.3, 0.4) is 0 Å². The number of rotatable bonds is 3. The first kappa shape index (κ1) is 32.2. The summed E-state index contributed by atoms with van der Waals surface area (Å²) in [6.07, 6.45) is 4.33. The van der Waals surface area contributed by atoms with Crippen molar-refractivity contribution in [1.82, 2.24) is 15.3 Å². The van der Waals surface area contributed by atoms with E-state index in [4.69, 9.17) is 19.9 Å². The maximum absolute atomic E-state index is 8.58. The van der Waals surface area contributed by atoms with E-state index in [9.17, 15) is 0 Å². The predicted molar refractivity (Wildman–Crippen MR) is 147 cm³/mol. The summed E-state index contributed by atoms with van der Waals surface area (Å²) < 4.78 is 5.38. The maximum atomic E-state index is 8.58. The fraction of sp³-hybridized carbons (Fsp3) is 0.556. The second-order valence-electron chi connectivity index (χ2n) is 7.55. The van der Waals surface area contributed by atoms with Crippen LogP contribution in [0.1, 0.15) is 58.7 Å². The highest BCUT2D eigenvalue weighted by Crippen LogP contribution is 2.25. The van der Waals surface area contributed by atoms with Gasteiger partial charge in [0.05, 0.1) is 24.6 Å². The molecular formula is C27H46N6O2. The van der Waals surface area contributed by atoms with E-state index < -0.39 is 0 Å². The monoisotopic (exact) mass is 486 g/mol. The fourth-order valence-corrected chi connectivity index (χ4v) is 3.43. The molecule has 4 rings (SSSR count). The van der Waals surface area contributed by atoms with E-state index in [2.05, 4.69) is 27.9 Å². The number of nitrogens with two attached hydrogens (primary N) is 1. The lowest BCUT2D eigenvalue weighted by Crippen LogP contribution is -2.37. The average Bonchev–Trinajstić information content (AvgIpc) is 2.93. The van der Waals surface area contributed by atoms with Crippen LogP contribution < -0.4 is 16.0 Å². The summed E-state index contributed by atoms with van der Waals surface area (Å²) in [6, 6.07) is 9.96. The first-order chi connectivity index (χ1) is 17.1. The SMILES string of the molecule is CC.CC.CC1CCNCC1.Cc1nc(N2CCOCC2)nc(-c2ccccc2)c1C=N.NC=O. The molecule has 1 aromatic carbocycles. The second-order valence-corrected chi connectivity index (χ2v) is 7.55. The molecule has 196 valence electrons. The number of morpholine rings is 1. The zero-order valence-electron chi connectivity index (χ0n) is 22.5. The van der Waals surface area contributed by atoms with E-state index in [1.54, 1.807) is 0 Å². The van der Waals surface area contributed by atoms with Crippen molar-refractivity contribution >= 4 is 18.6 Å². The number of primary amides is 1. The van der Waals surface area contributed by atoms with Crippen molar-refractivity contribution in [1.29, 1.82) is 5.41 Å². The third-order valence-electron chi connectivity index (χ3n) is 5.24. The van der Waals surface area contributed by atoms with Gasteiger partial charge in [0, 0.05) is 30.4 Å². The van der Waals surface area contributed by atoms with Gasteiger partial charge in [0.15, 0.2) is 0 Å². The molecule has 1 aromatic heterocycles. The lowest BCUT2D eigenvalue weighted by molar-refractivity contribution is -0.106. The van der Waals surface area contributed by atoms with Crippen LogP contribution in [0.2, 0.25) is 0 Å². The third kappa shape index (κ3) is 11.9. The lowest BCUT2D eigenvalue weighted by Gasteiger charge is -2.27. The minimum absolute atomic E-state index is 0.250. The molecular weight excluding hydrogens is 440 g/mol. The van der Waals surface area contributed by atoms with Crippen molar-refractivity contribution in [2.45, 2.75) is 54.4 Å². The number of amides is 1. The number of carbonyl (C=O) groups excluding carboxylic acids is 1. The molecule has 0 radical (unpaired) electrons. The van der Waals surface area contributed by atoms with Crippen molar-refractivity contribution in [2.75, 3.05) is 44.3 Å². The molecule has 0 unspecified atom stereocenters. The normalized spacial score (nSPS) is 14.7. The Morgan fingerprint density at radius 1 is 1.06 bits per heavy atom. The van der Waals surface area contributed by atoms with Crippen LogP contribution in [0, 0.1) is 18.3 Å². The number of ether oxygens (including phenoxy) is 1. The van der Waals surface area contributed by atoms with Crippen molar-refractivity contribution in [3.8, 4) is 11.3 Å². The van der Waals surface area contributed by atoms with E-state index in [1.807, 2.05) is 65.0 Å². The summed E-state index contributed by atoms with van der Waals surface area (Å²) in [4.78, 5) is 20.0. The molecule has 2 aliphatic heterocycles.